The van der Waals surface area contributed by atoms with Crippen LogP contribution in [0, 0.1) is 12.8 Å². The molecule has 2 nitrogen and oxygen atoms in total. The fourth-order valence-electron chi connectivity index (χ4n) is 4.09. The molecule has 1 saturated carbocycles. The largest absolute Gasteiger partial charge is 0.324 e. The Morgan fingerprint density at radius 3 is 2.67 bits per heavy atom. The zero-order chi connectivity index (χ0) is 16.4. The summed E-state index contributed by atoms with van der Waals surface area (Å²) in [6.45, 7) is 3.23. The highest BCUT2D eigenvalue weighted by molar-refractivity contribution is 5.80. The Morgan fingerprint density at radius 2 is 1.83 bits per heavy atom. The normalized spacial score (nSPS) is 15.9. The molecule has 24 heavy (non-hydrogen) atoms. The van der Waals surface area contributed by atoms with Crippen LogP contribution < -0.4 is 0 Å². The van der Waals surface area contributed by atoms with E-state index in [0.29, 0.717) is 0 Å². The summed E-state index contributed by atoms with van der Waals surface area (Å²) in [6, 6.07) is 17.3. The Balaban J connectivity index is 1.70. The van der Waals surface area contributed by atoms with Gasteiger partial charge >= 0.3 is 0 Å². The average molecular weight is 318 g/mol. The molecule has 1 heterocycles. The highest BCUT2D eigenvalue weighted by atomic mass is 15.1. The third kappa shape index (κ3) is 3.10. The zero-order valence-electron chi connectivity index (χ0n) is 14.5. The lowest BCUT2D eigenvalue weighted by atomic mass is 9.87. The molecule has 1 aliphatic rings. The molecule has 4 rings (SSSR count). The van der Waals surface area contributed by atoms with Gasteiger partial charge in [0, 0.05) is 12.1 Å². The number of aryl methyl sites for hydroxylation is 2. The standard InChI is InChI=1S/C22H26N2/c1-17-8-7-11-19(16-17)22-23-20-12-5-6-13-21(20)24(22)15-14-18-9-3-2-4-10-18/h5-8,11-13,16,18H,2-4,9-10,14-15H2,1H3. The van der Waals surface area contributed by atoms with Gasteiger partial charge in [-0.1, -0.05) is 68.0 Å². The van der Waals surface area contributed by atoms with E-state index in [9.17, 15) is 0 Å². The summed E-state index contributed by atoms with van der Waals surface area (Å²) in [5.41, 5.74) is 4.90. The number of benzene rings is 2. The summed E-state index contributed by atoms with van der Waals surface area (Å²) in [4.78, 5) is 4.95. The number of imidazole rings is 1. The van der Waals surface area contributed by atoms with E-state index >= 15 is 0 Å². The molecule has 3 aromatic rings. The van der Waals surface area contributed by atoms with Crippen molar-refractivity contribution >= 4 is 11.0 Å². The Hall–Kier alpha value is -2.09. The molecule has 0 spiro atoms. The van der Waals surface area contributed by atoms with Crippen LogP contribution in [0.4, 0.5) is 0 Å². The highest BCUT2D eigenvalue weighted by Gasteiger charge is 2.16. The zero-order valence-corrected chi connectivity index (χ0v) is 14.5. The van der Waals surface area contributed by atoms with Gasteiger partial charge in [-0.25, -0.2) is 4.98 Å². The third-order valence-corrected chi connectivity index (χ3v) is 5.42. The number of nitrogens with zero attached hydrogens (tertiary/aromatic N) is 2. The quantitative estimate of drug-likeness (QED) is 0.578. The molecule has 0 bridgehead atoms. The minimum absolute atomic E-state index is 0.894. The Bertz CT molecular complexity index is 825. The molecule has 0 unspecified atom stereocenters. The van der Waals surface area contributed by atoms with Gasteiger partial charge in [0.25, 0.3) is 0 Å². The van der Waals surface area contributed by atoms with Gasteiger partial charge in [-0.15, -0.1) is 0 Å². The molecule has 1 aliphatic carbocycles. The maximum atomic E-state index is 4.95. The van der Waals surface area contributed by atoms with Crippen LogP contribution in [0.2, 0.25) is 0 Å². The van der Waals surface area contributed by atoms with Crippen LogP contribution in [-0.4, -0.2) is 9.55 Å². The van der Waals surface area contributed by atoms with E-state index in [4.69, 9.17) is 4.98 Å². The number of para-hydroxylation sites is 2. The van der Waals surface area contributed by atoms with E-state index in [1.165, 1.54) is 55.2 Å². The van der Waals surface area contributed by atoms with Gasteiger partial charge in [-0.3, -0.25) is 0 Å². The molecular formula is C22H26N2. The summed E-state index contributed by atoms with van der Waals surface area (Å²) in [6.07, 6.45) is 8.36. The van der Waals surface area contributed by atoms with Crippen LogP contribution in [0.25, 0.3) is 22.4 Å². The molecule has 0 saturated heterocycles. The molecule has 124 valence electrons. The maximum Gasteiger partial charge on any atom is 0.141 e. The summed E-state index contributed by atoms with van der Waals surface area (Å²) in [7, 11) is 0. The van der Waals surface area contributed by atoms with Crippen molar-refractivity contribution in [2.45, 2.75) is 52.0 Å². The average Bonchev–Trinajstić information content (AvgIpc) is 2.99. The van der Waals surface area contributed by atoms with Crippen LogP contribution in [0.1, 0.15) is 44.1 Å². The fourth-order valence-corrected chi connectivity index (χ4v) is 4.09. The Morgan fingerprint density at radius 1 is 1.00 bits per heavy atom. The third-order valence-electron chi connectivity index (χ3n) is 5.42. The lowest BCUT2D eigenvalue weighted by Gasteiger charge is -2.22. The Kier molecular flexibility index (Phi) is 4.38. The van der Waals surface area contributed by atoms with E-state index in [1.54, 1.807) is 0 Å². The van der Waals surface area contributed by atoms with E-state index in [1.807, 2.05) is 0 Å². The summed E-state index contributed by atoms with van der Waals surface area (Å²) < 4.78 is 2.44. The molecule has 2 aromatic carbocycles. The van der Waals surface area contributed by atoms with Crippen molar-refractivity contribution < 1.29 is 0 Å². The van der Waals surface area contributed by atoms with Gasteiger partial charge in [-0.05, 0) is 37.5 Å². The molecule has 0 aliphatic heterocycles. The first-order valence-electron chi connectivity index (χ1n) is 9.33. The predicted octanol–water partition coefficient (Wildman–Crippen LogP) is 5.98. The van der Waals surface area contributed by atoms with Crippen LogP contribution in [0.3, 0.4) is 0 Å². The molecule has 0 radical (unpaired) electrons. The predicted molar refractivity (Wildman–Crippen MR) is 101 cm³/mol. The second-order valence-corrected chi connectivity index (χ2v) is 7.24. The van der Waals surface area contributed by atoms with Crippen LogP contribution in [0.5, 0.6) is 0 Å². The van der Waals surface area contributed by atoms with E-state index < -0.39 is 0 Å². The molecule has 0 N–H and O–H groups in total. The second-order valence-electron chi connectivity index (χ2n) is 7.24. The number of fused-ring (bicyclic) bond motifs is 1. The minimum atomic E-state index is 0.894. The molecule has 0 amide bonds. The SMILES string of the molecule is Cc1cccc(-c2nc3ccccc3n2CCC2CCCCC2)c1. The van der Waals surface area contributed by atoms with Gasteiger partial charge in [0.15, 0.2) is 0 Å². The van der Waals surface area contributed by atoms with Crippen molar-refractivity contribution in [2.75, 3.05) is 0 Å². The highest BCUT2D eigenvalue weighted by Crippen LogP contribution is 2.30. The summed E-state index contributed by atoms with van der Waals surface area (Å²) in [5, 5.41) is 0. The van der Waals surface area contributed by atoms with E-state index in [2.05, 4.69) is 60.0 Å². The maximum absolute atomic E-state index is 4.95. The van der Waals surface area contributed by atoms with Crippen LogP contribution in [-0.2, 0) is 6.54 Å². The number of hydrogen-bond donors (Lipinski definition) is 0. The second kappa shape index (κ2) is 6.80. The lowest BCUT2D eigenvalue weighted by Crippen LogP contribution is -2.10. The van der Waals surface area contributed by atoms with Gasteiger partial charge in [0.1, 0.15) is 5.82 Å². The van der Waals surface area contributed by atoms with Crippen molar-refractivity contribution in [1.82, 2.24) is 9.55 Å². The first-order chi connectivity index (χ1) is 11.8. The first-order valence-corrected chi connectivity index (χ1v) is 9.33. The van der Waals surface area contributed by atoms with Crippen molar-refractivity contribution in [3.05, 3.63) is 54.1 Å². The van der Waals surface area contributed by atoms with Crippen molar-refractivity contribution in [3.63, 3.8) is 0 Å². The minimum Gasteiger partial charge on any atom is -0.324 e. The number of aromatic nitrogens is 2. The number of hydrogen-bond acceptors (Lipinski definition) is 1. The van der Waals surface area contributed by atoms with Crippen molar-refractivity contribution in [1.29, 1.82) is 0 Å². The molecule has 1 fully saturated rings. The molecule has 1 aromatic heterocycles. The topological polar surface area (TPSA) is 17.8 Å². The first kappa shape index (κ1) is 15.4. The van der Waals surface area contributed by atoms with Crippen LogP contribution in [0.15, 0.2) is 48.5 Å². The summed E-state index contributed by atoms with van der Waals surface area (Å²) in [5.74, 6) is 2.01. The number of rotatable bonds is 4. The van der Waals surface area contributed by atoms with E-state index in [-0.39, 0.29) is 0 Å². The van der Waals surface area contributed by atoms with Gasteiger partial charge in [-0.2, -0.15) is 0 Å². The van der Waals surface area contributed by atoms with Crippen molar-refractivity contribution in [2.24, 2.45) is 5.92 Å². The van der Waals surface area contributed by atoms with Crippen LogP contribution >= 0.6 is 0 Å². The molecule has 0 atom stereocenters. The fraction of sp³-hybridized carbons (Fsp3) is 0.409. The smallest absolute Gasteiger partial charge is 0.141 e. The summed E-state index contributed by atoms with van der Waals surface area (Å²) >= 11 is 0. The molecular weight excluding hydrogens is 292 g/mol. The van der Waals surface area contributed by atoms with Gasteiger partial charge in [0.05, 0.1) is 11.0 Å². The Labute approximate surface area is 144 Å². The van der Waals surface area contributed by atoms with Crippen molar-refractivity contribution in [3.8, 4) is 11.4 Å². The van der Waals surface area contributed by atoms with E-state index in [0.717, 1.165) is 23.8 Å². The van der Waals surface area contributed by atoms with Gasteiger partial charge in [0.2, 0.25) is 0 Å². The molecule has 2 heteroatoms. The lowest BCUT2D eigenvalue weighted by molar-refractivity contribution is 0.326. The van der Waals surface area contributed by atoms with Gasteiger partial charge < -0.3 is 4.57 Å². The monoisotopic (exact) mass is 318 g/mol.